The van der Waals surface area contributed by atoms with E-state index in [-0.39, 0.29) is 12.2 Å². The van der Waals surface area contributed by atoms with Gasteiger partial charge in [-0.25, -0.2) is 4.79 Å². The maximum absolute atomic E-state index is 11.6. The van der Waals surface area contributed by atoms with E-state index in [0.717, 1.165) is 4.57 Å². The van der Waals surface area contributed by atoms with Gasteiger partial charge in [-0.2, -0.15) is 4.98 Å². The lowest BCUT2D eigenvalue weighted by molar-refractivity contribution is -0.124. The second-order valence-electron chi connectivity index (χ2n) is 4.06. The molecule has 0 aromatic carbocycles. The van der Waals surface area contributed by atoms with E-state index in [0.29, 0.717) is 0 Å². The van der Waals surface area contributed by atoms with Gasteiger partial charge in [-0.3, -0.25) is 4.57 Å². The van der Waals surface area contributed by atoms with Crippen LogP contribution in [0.3, 0.4) is 0 Å². The van der Waals surface area contributed by atoms with E-state index >= 15 is 0 Å². The molecule has 2 rings (SSSR count). The normalized spacial score (nSPS) is 30.0. The zero-order valence-electron chi connectivity index (χ0n) is 9.75. The van der Waals surface area contributed by atoms with Crippen molar-refractivity contribution in [1.82, 2.24) is 9.55 Å². The van der Waals surface area contributed by atoms with E-state index in [1.807, 2.05) is 0 Å². The quantitative estimate of drug-likeness (QED) is 0.366. The first-order valence-corrected chi connectivity index (χ1v) is 5.40. The summed E-state index contributed by atoms with van der Waals surface area (Å²) in [5.41, 5.74) is 11.4. The molecule has 0 saturated carbocycles. The number of anilines is 1. The van der Waals surface area contributed by atoms with Crippen LogP contribution in [-0.2, 0) is 4.74 Å². The third kappa shape index (κ3) is 2.25. The molecule has 4 N–H and O–H groups in total. The SMILES string of the molecule is [N-]=[N+]=N[C@]1(CO)O[C@@H](n2ccc(N)nc2=O)C[C@@H]1O. The smallest absolute Gasteiger partial charge is 0.351 e. The number of ether oxygens (including phenoxy) is 1. The summed E-state index contributed by atoms with van der Waals surface area (Å²) < 4.78 is 6.42. The van der Waals surface area contributed by atoms with Gasteiger partial charge in [0.2, 0.25) is 0 Å². The van der Waals surface area contributed by atoms with Crippen molar-refractivity contribution >= 4 is 5.82 Å². The van der Waals surface area contributed by atoms with E-state index in [1.54, 1.807) is 0 Å². The highest BCUT2D eigenvalue weighted by Crippen LogP contribution is 2.37. The van der Waals surface area contributed by atoms with E-state index in [1.165, 1.54) is 12.3 Å². The molecule has 19 heavy (non-hydrogen) atoms. The van der Waals surface area contributed by atoms with Gasteiger partial charge < -0.3 is 20.7 Å². The minimum absolute atomic E-state index is 0.0227. The first kappa shape index (κ1) is 13.3. The lowest BCUT2D eigenvalue weighted by Crippen LogP contribution is -2.40. The number of aliphatic hydroxyl groups is 2. The van der Waals surface area contributed by atoms with Gasteiger partial charge in [0.05, 0.1) is 12.7 Å². The van der Waals surface area contributed by atoms with Crippen molar-refractivity contribution in [2.24, 2.45) is 5.11 Å². The summed E-state index contributed by atoms with van der Waals surface area (Å²) in [6, 6.07) is 1.39. The molecule has 1 fully saturated rings. The molecular formula is C9H12N6O4. The van der Waals surface area contributed by atoms with E-state index in [2.05, 4.69) is 15.0 Å². The number of hydrogen-bond acceptors (Lipinski definition) is 7. The number of rotatable bonds is 3. The molecule has 102 valence electrons. The summed E-state index contributed by atoms with van der Waals surface area (Å²) in [4.78, 5) is 17.7. The minimum Gasteiger partial charge on any atom is -0.393 e. The highest BCUT2D eigenvalue weighted by molar-refractivity contribution is 5.23. The Labute approximate surface area is 106 Å². The third-order valence-corrected chi connectivity index (χ3v) is 2.89. The molecule has 0 aliphatic carbocycles. The summed E-state index contributed by atoms with van der Waals surface area (Å²) in [7, 11) is 0. The van der Waals surface area contributed by atoms with Gasteiger partial charge in [0, 0.05) is 17.5 Å². The molecule has 0 radical (unpaired) electrons. The summed E-state index contributed by atoms with van der Waals surface area (Å²) in [5.74, 6) is 0.0586. The Morgan fingerprint density at radius 3 is 3.11 bits per heavy atom. The van der Waals surface area contributed by atoms with Crippen molar-refractivity contribution in [2.75, 3.05) is 12.3 Å². The maximum atomic E-state index is 11.6. The largest absolute Gasteiger partial charge is 0.393 e. The Kier molecular flexibility index (Phi) is 3.40. The fourth-order valence-corrected chi connectivity index (χ4v) is 1.89. The zero-order valence-corrected chi connectivity index (χ0v) is 9.75. The van der Waals surface area contributed by atoms with E-state index < -0.39 is 30.4 Å². The van der Waals surface area contributed by atoms with Gasteiger partial charge in [0.25, 0.3) is 0 Å². The van der Waals surface area contributed by atoms with Crippen LogP contribution in [0.1, 0.15) is 12.6 Å². The predicted molar refractivity (Wildman–Crippen MR) is 62.6 cm³/mol. The molecule has 1 aromatic rings. The molecule has 0 amide bonds. The first-order chi connectivity index (χ1) is 9.02. The molecule has 10 nitrogen and oxygen atoms in total. The molecule has 1 aliphatic heterocycles. The van der Waals surface area contributed by atoms with Crippen molar-refractivity contribution in [3.05, 3.63) is 33.2 Å². The second-order valence-corrected chi connectivity index (χ2v) is 4.06. The lowest BCUT2D eigenvalue weighted by Gasteiger charge is -2.24. The second kappa shape index (κ2) is 4.86. The average molecular weight is 268 g/mol. The van der Waals surface area contributed by atoms with Gasteiger partial charge in [-0.1, -0.05) is 5.11 Å². The number of azide groups is 1. The molecule has 1 aromatic heterocycles. The number of nitrogens with two attached hydrogens (primary N) is 1. The summed E-state index contributed by atoms with van der Waals surface area (Å²) in [6.45, 7) is -0.703. The topological polar surface area (TPSA) is 159 Å². The zero-order chi connectivity index (χ0) is 14.0. The maximum Gasteiger partial charge on any atom is 0.351 e. The van der Waals surface area contributed by atoms with E-state index in [4.69, 9.17) is 16.0 Å². The third-order valence-electron chi connectivity index (χ3n) is 2.89. The Morgan fingerprint density at radius 1 is 1.79 bits per heavy atom. The molecule has 1 saturated heterocycles. The molecule has 10 heteroatoms. The molecule has 0 spiro atoms. The summed E-state index contributed by atoms with van der Waals surface area (Å²) in [5, 5.41) is 22.3. The van der Waals surface area contributed by atoms with Crippen LogP contribution >= 0.6 is 0 Å². The van der Waals surface area contributed by atoms with Gasteiger partial charge in [0.1, 0.15) is 12.0 Å². The van der Waals surface area contributed by atoms with E-state index in [9.17, 15) is 15.0 Å². The van der Waals surface area contributed by atoms with Crippen molar-refractivity contribution in [3.63, 3.8) is 0 Å². The van der Waals surface area contributed by atoms with Crippen LogP contribution in [0.5, 0.6) is 0 Å². The van der Waals surface area contributed by atoms with Crippen molar-refractivity contribution in [3.8, 4) is 0 Å². The highest BCUT2D eigenvalue weighted by atomic mass is 16.6. The predicted octanol–water partition coefficient (Wildman–Crippen LogP) is -0.896. The molecular weight excluding hydrogens is 256 g/mol. The van der Waals surface area contributed by atoms with Crippen molar-refractivity contribution in [2.45, 2.75) is 24.5 Å². The molecule has 0 unspecified atom stereocenters. The van der Waals surface area contributed by atoms with Gasteiger partial charge in [-0.15, -0.1) is 0 Å². The van der Waals surface area contributed by atoms with Crippen LogP contribution in [0.25, 0.3) is 10.4 Å². The van der Waals surface area contributed by atoms with Crippen LogP contribution in [0.15, 0.2) is 22.2 Å². The number of aliphatic hydroxyl groups excluding tert-OH is 2. The lowest BCUT2D eigenvalue weighted by atomic mass is 10.1. The number of aromatic nitrogens is 2. The Bertz CT molecular complexity index is 582. The van der Waals surface area contributed by atoms with Crippen molar-refractivity contribution < 1.29 is 14.9 Å². The van der Waals surface area contributed by atoms with Crippen LogP contribution < -0.4 is 11.4 Å². The Morgan fingerprint density at radius 2 is 2.53 bits per heavy atom. The fraction of sp³-hybridized carbons (Fsp3) is 0.556. The van der Waals surface area contributed by atoms with Gasteiger partial charge >= 0.3 is 5.69 Å². The monoisotopic (exact) mass is 268 g/mol. The summed E-state index contributed by atoms with van der Waals surface area (Å²) in [6.07, 6.45) is -0.799. The minimum atomic E-state index is -1.79. The standard InChI is InChI=1S/C9H12N6O4/c10-6-1-2-15(8(18)12-6)7-3-5(17)9(4-16,19-7)13-14-11/h1-2,5,7,16-17H,3-4H2,(H2,10,12,18)/t5-,7+,9+/m0/s1. The number of nitrogen functional groups attached to an aromatic ring is 1. The number of nitrogens with zero attached hydrogens (tertiary/aromatic N) is 5. The summed E-state index contributed by atoms with van der Waals surface area (Å²) >= 11 is 0. The van der Waals surface area contributed by atoms with Crippen molar-refractivity contribution in [1.29, 1.82) is 0 Å². The number of hydrogen-bond donors (Lipinski definition) is 3. The fourth-order valence-electron chi connectivity index (χ4n) is 1.89. The Balaban J connectivity index is 2.35. The van der Waals surface area contributed by atoms with Crippen LogP contribution in [0.2, 0.25) is 0 Å². The van der Waals surface area contributed by atoms with Gasteiger partial charge in [0.15, 0.2) is 5.72 Å². The molecule has 1 aliphatic rings. The van der Waals surface area contributed by atoms with Crippen LogP contribution in [0, 0.1) is 0 Å². The molecule has 0 bridgehead atoms. The van der Waals surface area contributed by atoms with Crippen LogP contribution in [-0.4, -0.2) is 38.2 Å². The van der Waals surface area contributed by atoms with Gasteiger partial charge in [-0.05, 0) is 11.6 Å². The molecule has 3 atom stereocenters. The highest BCUT2D eigenvalue weighted by Gasteiger charge is 2.48. The molecule has 2 heterocycles. The average Bonchev–Trinajstić information content (AvgIpc) is 2.67. The Hall–Kier alpha value is -2.13. The first-order valence-electron chi connectivity index (χ1n) is 5.40. The van der Waals surface area contributed by atoms with Crippen LogP contribution in [0.4, 0.5) is 5.82 Å².